The molecule has 0 aromatic rings. The van der Waals surface area contributed by atoms with E-state index in [2.05, 4.69) is 13.8 Å². The van der Waals surface area contributed by atoms with Gasteiger partial charge in [0.25, 0.3) is 0 Å². The van der Waals surface area contributed by atoms with Gasteiger partial charge in [-0.05, 0) is 12.3 Å². The van der Waals surface area contributed by atoms with Gasteiger partial charge in [-0.2, -0.15) is 0 Å². The van der Waals surface area contributed by atoms with Crippen molar-refractivity contribution >= 4 is 0 Å². The van der Waals surface area contributed by atoms with Crippen LogP contribution in [0.4, 0.5) is 8.78 Å². The van der Waals surface area contributed by atoms with Crippen LogP contribution >= 0.6 is 0 Å². The number of hydrogen-bond acceptors (Lipinski definition) is 0. The summed E-state index contributed by atoms with van der Waals surface area (Å²) in [5.41, 5.74) is 0. The van der Waals surface area contributed by atoms with E-state index in [0.29, 0.717) is 12.3 Å². The summed E-state index contributed by atoms with van der Waals surface area (Å²) in [5, 5.41) is 0. The predicted octanol–water partition coefficient (Wildman–Crippen LogP) is 4.88. The van der Waals surface area contributed by atoms with Crippen molar-refractivity contribution in [3.05, 3.63) is 0 Å². The molecule has 0 bridgehead atoms. The summed E-state index contributed by atoms with van der Waals surface area (Å²) in [5.74, 6) is -2.29. The van der Waals surface area contributed by atoms with Crippen molar-refractivity contribution in [2.24, 2.45) is 11.8 Å². The van der Waals surface area contributed by atoms with Crippen molar-refractivity contribution in [3.8, 4) is 0 Å². The molecule has 0 spiro atoms. The minimum absolute atomic E-state index is 0.0583. The minimum atomic E-state index is -2.46. The molecule has 0 unspecified atom stereocenters. The van der Waals surface area contributed by atoms with E-state index in [1.807, 2.05) is 0 Å². The highest BCUT2D eigenvalue weighted by molar-refractivity contribution is 4.69. The molecule has 0 aromatic carbocycles. The molecule has 0 heterocycles. The summed E-state index contributed by atoms with van der Waals surface area (Å²) >= 11 is 0. The van der Waals surface area contributed by atoms with Crippen LogP contribution in [-0.2, 0) is 0 Å². The third-order valence-corrected chi connectivity index (χ3v) is 2.64. The highest BCUT2D eigenvalue weighted by atomic mass is 19.3. The Hall–Kier alpha value is -0.140. The second kappa shape index (κ2) is 6.36. The van der Waals surface area contributed by atoms with E-state index in [1.54, 1.807) is 13.8 Å². The molecule has 2 heteroatoms. The first-order valence-electron chi connectivity index (χ1n) is 5.74. The lowest BCUT2D eigenvalue weighted by Gasteiger charge is -2.20. The van der Waals surface area contributed by atoms with Crippen LogP contribution in [0.2, 0.25) is 0 Å². The SMILES string of the molecule is CC(C)CCCCCC(F)(F)C(C)C. The third-order valence-electron chi connectivity index (χ3n) is 2.64. The molecule has 0 saturated heterocycles. The topological polar surface area (TPSA) is 0 Å². The Bertz CT molecular complexity index is 139. The molecule has 0 radical (unpaired) electrons. The average Bonchev–Trinajstić information content (AvgIpc) is 2.02. The van der Waals surface area contributed by atoms with Gasteiger partial charge in [-0.15, -0.1) is 0 Å². The van der Waals surface area contributed by atoms with E-state index in [-0.39, 0.29) is 6.42 Å². The second-order valence-electron chi connectivity index (χ2n) is 4.91. The Kier molecular flexibility index (Phi) is 6.30. The number of hydrogen-bond donors (Lipinski definition) is 0. The fraction of sp³-hybridized carbons (Fsp3) is 1.00. The van der Waals surface area contributed by atoms with Gasteiger partial charge in [-0.25, -0.2) is 8.78 Å². The summed E-state index contributed by atoms with van der Waals surface area (Å²) in [6.45, 7) is 7.52. The van der Waals surface area contributed by atoms with Crippen LogP contribution < -0.4 is 0 Å². The third kappa shape index (κ3) is 6.33. The van der Waals surface area contributed by atoms with E-state index in [0.717, 1.165) is 19.3 Å². The second-order valence-corrected chi connectivity index (χ2v) is 4.91. The molecular weight excluding hydrogens is 182 g/mol. The summed E-state index contributed by atoms with van der Waals surface area (Å²) in [4.78, 5) is 0. The smallest absolute Gasteiger partial charge is 0.207 e. The van der Waals surface area contributed by atoms with Gasteiger partial charge < -0.3 is 0 Å². The Labute approximate surface area is 87.1 Å². The van der Waals surface area contributed by atoms with Crippen molar-refractivity contribution in [3.63, 3.8) is 0 Å². The summed E-state index contributed by atoms with van der Waals surface area (Å²) < 4.78 is 26.3. The van der Waals surface area contributed by atoms with E-state index >= 15 is 0 Å². The monoisotopic (exact) mass is 206 g/mol. The number of halogens is 2. The predicted molar refractivity (Wildman–Crippen MR) is 57.7 cm³/mol. The Morgan fingerprint density at radius 3 is 1.93 bits per heavy atom. The quantitative estimate of drug-likeness (QED) is 0.520. The fourth-order valence-corrected chi connectivity index (χ4v) is 1.38. The number of alkyl halides is 2. The van der Waals surface area contributed by atoms with E-state index < -0.39 is 11.8 Å². The molecule has 0 aliphatic carbocycles. The molecule has 0 fully saturated rings. The van der Waals surface area contributed by atoms with Gasteiger partial charge in [0.05, 0.1) is 0 Å². The molecule has 0 aliphatic rings. The van der Waals surface area contributed by atoms with Gasteiger partial charge in [-0.3, -0.25) is 0 Å². The van der Waals surface area contributed by atoms with Gasteiger partial charge in [0.15, 0.2) is 0 Å². The van der Waals surface area contributed by atoms with Crippen molar-refractivity contribution < 1.29 is 8.78 Å². The van der Waals surface area contributed by atoms with Gasteiger partial charge in [-0.1, -0.05) is 47.0 Å². The van der Waals surface area contributed by atoms with Crippen molar-refractivity contribution in [1.29, 1.82) is 0 Å². The Balaban J connectivity index is 3.45. The molecule has 0 rings (SSSR count). The van der Waals surface area contributed by atoms with Crippen LogP contribution in [0.5, 0.6) is 0 Å². The lowest BCUT2D eigenvalue weighted by atomic mass is 9.98. The van der Waals surface area contributed by atoms with Crippen LogP contribution in [0, 0.1) is 11.8 Å². The Morgan fingerprint density at radius 2 is 1.50 bits per heavy atom. The maximum Gasteiger partial charge on any atom is 0.250 e. The average molecular weight is 206 g/mol. The molecule has 0 N–H and O–H groups in total. The molecule has 14 heavy (non-hydrogen) atoms. The normalized spacial score (nSPS) is 12.9. The molecular formula is C12H24F2. The van der Waals surface area contributed by atoms with Gasteiger partial charge in [0.2, 0.25) is 5.92 Å². The summed E-state index contributed by atoms with van der Waals surface area (Å²) in [6, 6.07) is 0. The lowest BCUT2D eigenvalue weighted by molar-refractivity contribution is -0.0540. The number of rotatable bonds is 7. The van der Waals surface area contributed by atoms with Gasteiger partial charge >= 0.3 is 0 Å². The van der Waals surface area contributed by atoms with Crippen LogP contribution in [0.15, 0.2) is 0 Å². The van der Waals surface area contributed by atoms with E-state index in [4.69, 9.17) is 0 Å². The first kappa shape index (κ1) is 13.9. The first-order valence-corrected chi connectivity index (χ1v) is 5.74. The van der Waals surface area contributed by atoms with Crippen LogP contribution in [0.3, 0.4) is 0 Å². The zero-order valence-electron chi connectivity index (χ0n) is 9.95. The summed E-state index contributed by atoms with van der Waals surface area (Å²) in [7, 11) is 0. The molecule has 0 atom stereocenters. The van der Waals surface area contributed by atoms with Crippen molar-refractivity contribution in [1.82, 2.24) is 0 Å². The summed E-state index contributed by atoms with van der Waals surface area (Å²) in [6.07, 6.45) is 3.92. The molecule has 0 saturated carbocycles. The zero-order chi connectivity index (χ0) is 11.2. The Morgan fingerprint density at radius 1 is 0.929 bits per heavy atom. The molecule has 0 amide bonds. The maximum absolute atomic E-state index is 13.1. The highest BCUT2D eigenvalue weighted by Crippen LogP contribution is 2.30. The van der Waals surface area contributed by atoms with Crippen LogP contribution in [0.25, 0.3) is 0 Å². The van der Waals surface area contributed by atoms with Crippen LogP contribution in [-0.4, -0.2) is 5.92 Å². The van der Waals surface area contributed by atoms with E-state index in [9.17, 15) is 8.78 Å². The fourth-order valence-electron chi connectivity index (χ4n) is 1.38. The van der Waals surface area contributed by atoms with Crippen molar-refractivity contribution in [2.75, 3.05) is 0 Å². The van der Waals surface area contributed by atoms with Gasteiger partial charge in [0, 0.05) is 12.3 Å². The number of unbranched alkanes of at least 4 members (excludes halogenated alkanes) is 2. The van der Waals surface area contributed by atoms with E-state index in [1.165, 1.54) is 0 Å². The molecule has 0 nitrogen and oxygen atoms in total. The molecule has 86 valence electrons. The van der Waals surface area contributed by atoms with Crippen LogP contribution in [0.1, 0.15) is 59.8 Å². The zero-order valence-corrected chi connectivity index (χ0v) is 9.95. The molecule has 0 aliphatic heterocycles. The lowest BCUT2D eigenvalue weighted by Crippen LogP contribution is -2.23. The highest BCUT2D eigenvalue weighted by Gasteiger charge is 2.31. The first-order chi connectivity index (χ1) is 6.36. The van der Waals surface area contributed by atoms with Gasteiger partial charge in [0.1, 0.15) is 0 Å². The molecule has 0 aromatic heterocycles. The van der Waals surface area contributed by atoms with Crippen molar-refractivity contribution in [2.45, 2.75) is 65.7 Å². The maximum atomic E-state index is 13.1. The largest absolute Gasteiger partial charge is 0.250 e. The minimum Gasteiger partial charge on any atom is -0.207 e. The standard InChI is InChI=1S/C12H24F2/c1-10(2)8-6-5-7-9-12(13,14)11(3)4/h10-11H,5-9H2,1-4H3.